The summed E-state index contributed by atoms with van der Waals surface area (Å²) in [6, 6.07) is 13.1. The first-order valence-corrected chi connectivity index (χ1v) is 9.67. The Morgan fingerprint density at radius 3 is 2.50 bits per heavy atom. The van der Waals surface area contributed by atoms with Crippen LogP contribution in [0.25, 0.3) is 0 Å². The minimum absolute atomic E-state index is 0.0564. The molecule has 0 bridgehead atoms. The maximum absolute atomic E-state index is 12.1. The van der Waals surface area contributed by atoms with E-state index in [0.717, 1.165) is 11.1 Å². The number of sulfonamides is 1. The highest BCUT2D eigenvalue weighted by atomic mass is 32.2. The summed E-state index contributed by atoms with van der Waals surface area (Å²) in [5.41, 5.74) is 2.34. The van der Waals surface area contributed by atoms with Crippen LogP contribution < -0.4 is 15.8 Å². The summed E-state index contributed by atoms with van der Waals surface area (Å²) in [4.78, 5) is 24.0. The Labute approximate surface area is 151 Å². The lowest BCUT2D eigenvalue weighted by atomic mass is 10.0. The standard InChI is InChI=1S/C18H19N3O4S/c19-26(24,25)13-7-5-12(6-8-13)9-10-20-17(22)11-16-14-3-1-2-4-15(14)18(23)21-16/h1-8,16H,9-11H2,(H,20,22)(H,21,23)(H2,19,24,25)/t16-/m0/s1. The van der Waals surface area contributed by atoms with Gasteiger partial charge in [0.25, 0.3) is 5.91 Å². The highest BCUT2D eigenvalue weighted by molar-refractivity contribution is 7.89. The Balaban J connectivity index is 1.50. The molecule has 0 saturated carbocycles. The van der Waals surface area contributed by atoms with Crippen molar-refractivity contribution in [1.82, 2.24) is 10.6 Å². The van der Waals surface area contributed by atoms with Crippen LogP contribution in [0.4, 0.5) is 0 Å². The number of amides is 2. The predicted molar refractivity (Wildman–Crippen MR) is 95.8 cm³/mol. The van der Waals surface area contributed by atoms with Crippen LogP contribution in [0.3, 0.4) is 0 Å². The second-order valence-corrected chi connectivity index (χ2v) is 7.67. The first kappa shape index (κ1) is 18.1. The van der Waals surface area contributed by atoms with Crippen molar-refractivity contribution in [1.29, 1.82) is 0 Å². The summed E-state index contributed by atoms with van der Waals surface area (Å²) in [5.74, 6) is -0.318. The monoisotopic (exact) mass is 373 g/mol. The van der Waals surface area contributed by atoms with E-state index in [1.54, 1.807) is 24.3 Å². The third kappa shape index (κ3) is 4.09. The average Bonchev–Trinajstić information content (AvgIpc) is 2.91. The van der Waals surface area contributed by atoms with E-state index < -0.39 is 10.0 Å². The van der Waals surface area contributed by atoms with Crippen molar-refractivity contribution in [2.75, 3.05) is 6.54 Å². The number of carbonyl (C=O) groups is 2. The maximum Gasteiger partial charge on any atom is 0.252 e. The van der Waals surface area contributed by atoms with Gasteiger partial charge in [-0.05, 0) is 35.7 Å². The van der Waals surface area contributed by atoms with Crippen molar-refractivity contribution in [2.24, 2.45) is 5.14 Å². The molecule has 7 nitrogen and oxygen atoms in total. The molecule has 0 unspecified atom stereocenters. The summed E-state index contributed by atoms with van der Waals surface area (Å²) < 4.78 is 22.4. The van der Waals surface area contributed by atoms with Gasteiger partial charge in [0.05, 0.1) is 17.4 Å². The minimum Gasteiger partial charge on any atom is -0.356 e. The highest BCUT2D eigenvalue weighted by Crippen LogP contribution is 2.27. The Hall–Kier alpha value is -2.71. The fraction of sp³-hybridized carbons (Fsp3) is 0.222. The quantitative estimate of drug-likeness (QED) is 0.696. The van der Waals surface area contributed by atoms with Crippen molar-refractivity contribution in [3.05, 3.63) is 65.2 Å². The molecule has 1 heterocycles. The molecule has 1 aliphatic rings. The number of rotatable bonds is 6. The lowest BCUT2D eigenvalue weighted by molar-refractivity contribution is -0.121. The Bertz CT molecular complexity index is 939. The van der Waals surface area contributed by atoms with E-state index in [-0.39, 0.29) is 29.2 Å². The van der Waals surface area contributed by atoms with Crippen molar-refractivity contribution < 1.29 is 18.0 Å². The molecule has 2 amide bonds. The number of nitrogens with one attached hydrogen (secondary N) is 2. The van der Waals surface area contributed by atoms with Crippen LogP contribution in [-0.2, 0) is 21.2 Å². The van der Waals surface area contributed by atoms with Gasteiger partial charge < -0.3 is 10.6 Å². The molecule has 0 saturated heterocycles. The minimum atomic E-state index is -3.70. The van der Waals surface area contributed by atoms with Crippen LogP contribution in [0.2, 0.25) is 0 Å². The molecule has 0 aromatic heterocycles. The molecular formula is C18H19N3O4S. The molecule has 2 aromatic rings. The molecule has 26 heavy (non-hydrogen) atoms. The molecule has 4 N–H and O–H groups in total. The summed E-state index contributed by atoms with van der Waals surface area (Å²) in [6.07, 6.45) is 0.733. The zero-order valence-electron chi connectivity index (χ0n) is 13.9. The van der Waals surface area contributed by atoms with E-state index in [1.807, 2.05) is 12.1 Å². The number of carbonyl (C=O) groups excluding carboxylic acids is 2. The van der Waals surface area contributed by atoms with Crippen LogP contribution in [0.1, 0.15) is 33.9 Å². The van der Waals surface area contributed by atoms with E-state index in [0.29, 0.717) is 18.5 Å². The summed E-state index contributed by atoms with van der Waals surface area (Å²) >= 11 is 0. The summed E-state index contributed by atoms with van der Waals surface area (Å²) in [7, 11) is -3.70. The first-order chi connectivity index (χ1) is 12.3. The second-order valence-electron chi connectivity index (χ2n) is 6.11. The van der Waals surface area contributed by atoms with E-state index in [2.05, 4.69) is 10.6 Å². The first-order valence-electron chi connectivity index (χ1n) is 8.13. The largest absolute Gasteiger partial charge is 0.356 e. The Morgan fingerprint density at radius 1 is 1.12 bits per heavy atom. The Kier molecular flexibility index (Phi) is 5.06. The lowest BCUT2D eigenvalue weighted by Gasteiger charge is -2.12. The van der Waals surface area contributed by atoms with Crippen LogP contribution in [0.5, 0.6) is 0 Å². The maximum atomic E-state index is 12.1. The lowest BCUT2D eigenvalue weighted by Crippen LogP contribution is -2.30. The molecule has 0 spiro atoms. The van der Waals surface area contributed by atoms with E-state index >= 15 is 0 Å². The van der Waals surface area contributed by atoms with Crippen molar-refractivity contribution in [2.45, 2.75) is 23.8 Å². The molecule has 3 rings (SSSR count). The second kappa shape index (κ2) is 7.27. The third-order valence-electron chi connectivity index (χ3n) is 4.26. The fourth-order valence-corrected chi connectivity index (χ4v) is 3.45. The topological polar surface area (TPSA) is 118 Å². The van der Waals surface area contributed by atoms with Crippen LogP contribution in [0, 0.1) is 0 Å². The summed E-state index contributed by atoms with van der Waals surface area (Å²) in [6.45, 7) is 0.413. The molecule has 0 aliphatic carbocycles. The van der Waals surface area contributed by atoms with Crippen molar-refractivity contribution in [3.63, 3.8) is 0 Å². The van der Waals surface area contributed by atoms with Gasteiger partial charge in [0.1, 0.15) is 0 Å². The summed E-state index contributed by atoms with van der Waals surface area (Å²) in [5, 5.41) is 10.7. The number of fused-ring (bicyclic) bond motifs is 1. The third-order valence-corrected chi connectivity index (χ3v) is 5.19. The molecule has 1 aliphatic heterocycles. The number of nitrogens with two attached hydrogens (primary N) is 1. The van der Waals surface area contributed by atoms with Gasteiger partial charge in [-0.2, -0.15) is 0 Å². The fourth-order valence-electron chi connectivity index (χ4n) is 2.93. The van der Waals surface area contributed by atoms with Gasteiger partial charge in [-0.25, -0.2) is 13.6 Å². The predicted octanol–water partition coefficient (Wildman–Crippen LogP) is 0.867. The van der Waals surface area contributed by atoms with Crippen LogP contribution >= 0.6 is 0 Å². The van der Waals surface area contributed by atoms with E-state index in [4.69, 9.17) is 5.14 Å². The molecule has 8 heteroatoms. The van der Waals surface area contributed by atoms with Gasteiger partial charge in [-0.15, -0.1) is 0 Å². The van der Waals surface area contributed by atoms with Gasteiger partial charge in [0.2, 0.25) is 15.9 Å². The van der Waals surface area contributed by atoms with Gasteiger partial charge in [0, 0.05) is 12.1 Å². The molecular weight excluding hydrogens is 354 g/mol. The molecule has 2 aromatic carbocycles. The van der Waals surface area contributed by atoms with E-state index in [1.165, 1.54) is 12.1 Å². The molecule has 1 atom stereocenters. The normalized spacial score (nSPS) is 16.0. The molecule has 0 fully saturated rings. The zero-order valence-corrected chi connectivity index (χ0v) is 14.8. The number of benzene rings is 2. The van der Waals surface area contributed by atoms with Gasteiger partial charge in [0.15, 0.2) is 0 Å². The van der Waals surface area contributed by atoms with E-state index in [9.17, 15) is 18.0 Å². The van der Waals surface area contributed by atoms with Gasteiger partial charge in [-0.1, -0.05) is 30.3 Å². The number of primary sulfonamides is 1. The zero-order chi connectivity index (χ0) is 18.7. The highest BCUT2D eigenvalue weighted by Gasteiger charge is 2.29. The smallest absolute Gasteiger partial charge is 0.252 e. The van der Waals surface area contributed by atoms with Crippen molar-refractivity contribution >= 4 is 21.8 Å². The number of hydrogen-bond donors (Lipinski definition) is 3. The van der Waals surface area contributed by atoms with Crippen LogP contribution in [-0.4, -0.2) is 26.8 Å². The Morgan fingerprint density at radius 2 is 1.81 bits per heavy atom. The van der Waals surface area contributed by atoms with Crippen molar-refractivity contribution in [3.8, 4) is 0 Å². The molecule has 0 radical (unpaired) electrons. The van der Waals surface area contributed by atoms with Gasteiger partial charge >= 0.3 is 0 Å². The number of hydrogen-bond acceptors (Lipinski definition) is 4. The molecule has 136 valence electrons. The van der Waals surface area contributed by atoms with Gasteiger partial charge in [-0.3, -0.25) is 9.59 Å². The SMILES string of the molecule is NS(=O)(=O)c1ccc(CCNC(=O)C[C@@H]2NC(=O)c3ccccc32)cc1. The van der Waals surface area contributed by atoms with Crippen LogP contribution in [0.15, 0.2) is 53.4 Å². The average molecular weight is 373 g/mol.